The molecule has 3 aliphatic rings. The summed E-state index contributed by atoms with van der Waals surface area (Å²) in [4.78, 5) is 35.3. The lowest BCUT2D eigenvalue weighted by Gasteiger charge is -2.31. The number of rotatable bonds is 5. The van der Waals surface area contributed by atoms with Crippen LogP contribution >= 0.6 is 0 Å². The molecular formula is C41H35N3O7. The second kappa shape index (κ2) is 11.3. The molecule has 256 valence electrons. The summed E-state index contributed by atoms with van der Waals surface area (Å²) < 4.78 is 32.5. The Morgan fingerprint density at radius 1 is 0.961 bits per heavy atom. The molecule has 9 rings (SSSR count). The molecule has 0 N–H and O–H groups in total. The Kier molecular flexibility index (Phi) is 6.92. The predicted molar refractivity (Wildman–Crippen MR) is 190 cm³/mol. The molecule has 4 aromatic carbocycles. The average molecular weight is 682 g/mol. The topological polar surface area (TPSA) is 105 Å². The third kappa shape index (κ3) is 4.70. The van der Waals surface area contributed by atoms with Crippen molar-refractivity contribution in [2.75, 3.05) is 18.7 Å². The Bertz CT molecular complexity index is 2370. The van der Waals surface area contributed by atoms with Crippen molar-refractivity contribution in [1.82, 2.24) is 9.55 Å². The van der Waals surface area contributed by atoms with Gasteiger partial charge in [0, 0.05) is 40.9 Å². The number of Topliss-reactive ketones (excluding diaryl/α,β-unsaturated/α-hetero) is 1. The summed E-state index contributed by atoms with van der Waals surface area (Å²) in [6.07, 6.45) is 1.96. The Labute approximate surface area is 294 Å². The number of benzene rings is 4. The summed E-state index contributed by atoms with van der Waals surface area (Å²) in [5, 5.41) is 0.785. The molecule has 6 aromatic rings. The van der Waals surface area contributed by atoms with Crippen LogP contribution in [0.5, 0.6) is 11.5 Å². The minimum Gasteiger partial charge on any atom is -0.489 e. The van der Waals surface area contributed by atoms with Gasteiger partial charge in [-0.1, -0.05) is 60.7 Å². The van der Waals surface area contributed by atoms with Gasteiger partial charge in [0.1, 0.15) is 35.9 Å². The Balaban J connectivity index is 1.29. The number of fused-ring (bicyclic) bond motifs is 5. The van der Waals surface area contributed by atoms with Crippen molar-refractivity contribution in [3.63, 3.8) is 0 Å². The van der Waals surface area contributed by atoms with Crippen LogP contribution in [-0.4, -0.2) is 47.1 Å². The molecule has 3 aliphatic heterocycles. The summed E-state index contributed by atoms with van der Waals surface area (Å²) in [5.74, 6) is 1.77. The molecule has 10 nitrogen and oxygen atoms in total. The van der Waals surface area contributed by atoms with Crippen molar-refractivity contribution in [2.45, 2.75) is 51.0 Å². The van der Waals surface area contributed by atoms with Gasteiger partial charge < -0.3 is 28.3 Å². The molecule has 0 aliphatic carbocycles. The summed E-state index contributed by atoms with van der Waals surface area (Å²) >= 11 is 0. The fraction of sp³-hybridized carbons (Fsp3) is 0.244. The van der Waals surface area contributed by atoms with E-state index in [1.54, 1.807) is 19.5 Å². The Morgan fingerprint density at radius 2 is 1.76 bits per heavy atom. The zero-order valence-corrected chi connectivity index (χ0v) is 28.6. The van der Waals surface area contributed by atoms with Crippen molar-refractivity contribution in [2.24, 2.45) is 0 Å². The fourth-order valence-corrected chi connectivity index (χ4v) is 7.84. The number of ether oxygens (including phenoxy) is 4. The van der Waals surface area contributed by atoms with Crippen LogP contribution in [0, 0.1) is 0 Å². The lowest BCUT2D eigenvalue weighted by atomic mass is 9.71. The van der Waals surface area contributed by atoms with E-state index in [-0.39, 0.29) is 24.8 Å². The average Bonchev–Trinajstić information content (AvgIpc) is 3.87. The van der Waals surface area contributed by atoms with E-state index in [1.807, 2.05) is 111 Å². The molecule has 6 bridgehead atoms. The number of para-hydroxylation sites is 1. The van der Waals surface area contributed by atoms with Crippen LogP contribution in [0.25, 0.3) is 33.4 Å². The standard InChI is InChI=1S/C41H35N3O7/c1-40(2,3)51-39(46)43-21-28-33-20-42-35(49-33)19-34(45)41-29-14-8-13-27(26-12-9-15-31(43)36(26)28)37(29)44(23-47-4)38(41)50-32-17-16-25(18-30(32)41)48-22-24-10-6-5-7-11-24/h5-18,20-21,38H,19,22-23H2,1-4H3/t38-,41+/m1/s1. The van der Waals surface area contributed by atoms with E-state index >= 15 is 4.79 Å². The van der Waals surface area contributed by atoms with Crippen LogP contribution in [0.4, 0.5) is 10.5 Å². The lowest BCUT2D eigenvalue weighted by Crippen LogP contribution is -2.51. The van der Waals surface area contributed by atoms with Crippen molar-refractivity contribution in [3.8, 4) is 33.9 Å². The molecule has 0 fully saturated rings. The van der Waals surface area contributed by atoms with E-state index in [2.05, 4.69) is 4.98 Å². The number of nitrogens with zero attached hydrogens (tertiary/aromatic N) is 3. The van der Waals surface area contributed by atoms with Crippen LogP contribution in [-0.2, 0) is 32.7 Å². The predicted octanol–water partition coefficient (Wildman–Crippen LogP) is 7.88. The third-order valence-corrected chi connectivity index (χ3v) is 9.81. The van der Waals surface area contributed by atoms with Crippen molar-refractivity contribution >= 4 is 28.5 Å². The quantitative estimate of drug-likeness (QED) is 0.180. The summed E-state index contributed by atoms with van der Waals surface area (Å²) in [7, 11) is 1.63. The van der Waals surface area contributed by atoms with Crippen LogP contribution in [0.2, 0.25) is 0 Å². The maximum absolute atomic E-state index is 15.1. The van der Waals surface area contributed by atoms with Crippen LogP contribution < -0.4 is 14.4 Å². The minimum atomic E-state index is -1.27. The van der Waals surface area contributed by atoms with Gasteiger partial charge in [0.15, 0.2) is 17.8 Å². The first kappa shape index (κ1) is 31.1. The number of hydrogen-bond donors (Lipinski definition) is 0. The molecule has 0 saturated carbocycles. The maximum atomic E-state index is 15.1. The number of hydrogen-bond acceptors (Lipinski definition) is 9. The number of oxazole rings is 1. The van der Waals surface area contributed by atoms with E-state index in [0.717, 1.165) is 33.3 Å². The van der Waals surface area contributed by atoms with Gasteiger partial charge in [-0.15, -0.1) is 0 Å². The highest BCUT2D eigenvalue weighted by Crippen LogP contribution is 2.60. The number of carbonyl (C=O) groups excluding carboxylic acids is 2. The molecule has 51 heavy (non-hydrogen) atoms. The summed E-state index contributed by atoms with van der Waals surface area (Å²) in [6.45, 7) is 6.03. The van der Waals surface area contributed by atoms with Gasteiger partial charge in [-0.3, -0.25) is 9.36 Å². The van der Waals surface area contributed by atoms with E-state index in [4.69, 9.17) is 23.4 Å². The number of aromatic nitrogens is 2. The van der Waals surface area contributed by atoms with Gasteiger partial charge in [-0.2, -0.15) is 0 Å². The first-order valence-electron chi connectivity index (χ1n) is 16.9. The van der Waals surface area contributed by atoms with Crippen LogP contribution in [0.15, 0.2) is 102 Å². The number of anilines is 1. The van der Waals surface area contributed by atoms with Gasteiger partial charge >= 0.3 is 6.09 Å². The number of ketones is 1. The molecule has 0 amide bonds. The maximum Gasteiger partial charge on any atom is 0.419 e. The smallest absolute Gasteiger partial charge is 0.419 e. The monoisotopic (exact) mass is 681 g/mol. The Morgan fingerprint density at radius 3 is 2.57 bits per heavy atom. The zero-order valence-electron chi connectivity index (χ0n) is 28.6. The Hall–Kier alpha value is -5.87. The lowest BCUT2D eigenvalue weighted by molar-refractivity contribution is -0.124. The second-order valence-electron chi connectivity index (χ2n) is 14.1. The van der Waals surface area contributed by atoms with E-state index < -0.39 is 23.3 Å². The normalized spacial score (nSPS) is 18.5. The van der Waals surface area contributed by atoms with Gasteiger partial charge in [0.25, 0.3) is 0 Å². The van der Waals surface area contributed by atoms with Crippen LogP contribution in [0.3, 0.4) is 0 Å². The first-order valence-corrected chi connectivity index (χ1v) is 16.9. The second-order valence-corrected chi connectivity index (χ2v) is 14.1. The van der Waals surface area contributed by atoms with Gasteiger partial charge in [0.2, 0.25) is 5.89 Å². The molecule has 5 heterocycles. The molecule has 10 heteroatoms. The third-order valence-electron chi connectivity index (χ3n) is 9.81. The van der Waals surface area contributed by atoms with Gasteiger partial charge in [0.05, 0.1) is 23.8 Å². The molecule has 0 saturated heterocycles. The largest absolute Gasteiger partial charge is 0.489 e. The molecule has 1 spiro atoms. The minimum absolute atomic E-state index is 0.101. The molecular weight excluding hydrogens is 646 g/mol. The highest BCUT2D eigenvalue weighted by Gasteiger charge is 2.64. The zero-order chi connectivity index (χ0) is 35.1. The highest BCUT2D eigenvalue weighted by molar-refractivity contribution is 6.11. The molecule has 0 radical (unpaired) electrons. The van der Waals surface area contributed by atoms with Crippen molar-refractivity contribution < 1.29 is 33.0 Å². The first-order chi connectivity index (χ1) is 24.7. The SMILES string of the molecule is COCN1c2c3cccc2[C@@]2(C(=O)Cc4ncc(o4)-c4cn(C(=O)OC(C)(C)C)c5cccc-3c45)c3cc(OCc4ccccc4)ccc3O[C@@H]12. The number of methoxy groups -OCH3 is 1. The van der Waals surface area contributed by atoms with Gasteiger partial charge in [-0.05, 0) is 56.2 Å². The van der Waals surface area contributed by atoms with Crippen LogP contribution in [0.1, 0.15) is 43.4 Å². The van der Waals surface area contributed by atoms with Gasteiger partial charge in [-0.25, -0.2) is 9.78 Å². The molecule has 0 unspecified atom stereocenters. The highest BCUT2D eigenvalue weighted by atomic mass is 16.6. The van der Waals surface area contributed by atoms with Crippen molar-refractivity contribution in [1.29, 1.82) is 0 Å². The number of carbonyl (C=O) groups is 2. The summed E-state index contributed by atoms with van der Waals surface area (Å²) in [5.41, 5.74) is 4.35. The molecule has 2 atom stereocenters. The molecule has 2 aromatic heterocycles. The summed E-state index contributed by atoms with van der Waals surface area (Å²) in [6, 6.07) is 27.4. The van der Waals surface area contributed by atoms with Crippen molar-refractivity contribution in [3.05, 3.63) is 120 Å². The van der Waals surface area contributed by atoms with E-state index in [9.17, 15) is 4.79 Å². The van der Waals surface area contributed by atoms with E-state index in [0.29, 0.717) is 40.5 Å². The fourth-order valence-electron chi connectivity index (χ4n) is 7.84. The van der Waals surface area contributed by atoms with E-state index in [1.165, 1.54) is 4.57 Å².